The average Bonchev–Trinajstić information content (AvgIpc) is 2.47. The molecule has 6 nitrogen and oxygen atoms in total. The Bertz CT molecular complexity index is 485. The van der Waals surface area contributed by atoms with Crippen LogP contribution in [0.3, 0.4) is 0 Å². The maximum Gasteiger partial charge on any atom is 0.328 e. The molecule has 1 aromatic carbocycles. The number of methoxy groups -OCH3 is 1. The van der Waals surface area contributed by atoms with Gasteiger partial charge in [-0.2, -0.15) is 0 Å². The number of nitrogens with one attached hydrogen (secondary N) is 2. The van der Waals surface area contributed by atoms with Gasteiger partial charge >= 0.3 is 12.0 Å². The van der Waals surface area contributed by atoms with Crippen LogP contribution in [-0.2, 0) is 9.53 Å². The summed E-state index contributed by atoms with van der Waals surface area (Å²) in [5, 5.41) is 5.31. The third kappa shape index (κ3) is 6.03. The highest BCUT2D eigenvalue weighted by Crippen LogP contribution is 2.15. The van der Waals surface area contributed by atoms with E-state index < -0.39 is 18.0 Å². The molecule has 0 fully saturated rings. The smallest absolute Gasteiger partial charge is 0.328 e. The zero-order valence-electron chi connectivity index (χ0n) is 13.5. The van der Waals surface area contributed by atoms with Crippen molar-refractivity contribution in [2.24, 2.45) is 5.92 Å². The molecule has 0 aliphatic carbocycles. The molecule has 0 heterocycles. The Morgan fingerprint density at radius 1 is 1.18 bits per heavy atom. The molecule has 1 aromatic rings. The van der Waals surface area contributed by atoms with Gasteiger partial charge in [-0.05, 0) is 43.5 Å². The highest BCUT2D eigenvalue weighted by Gasteiger charge is 2.22. The Morgan fingerprint density at radius 3 is 2.32 bits per heavy atom. The van der Waals surface area contributed by atoms with Gasteiger partial charge in [0, 0.05) is 5.69 Å². The summed E-state index contributed by atoms with van der Waals surface area (Å²) >= 11 is 0. The maximum absolute atomic E-state index is 12.0. The molecular formula is C16H24N2O4. The van der Waals surface area contributed by atoms with Gasteiger partial charge in [-0.25, -0.2) is 9.59 Å². The second kappa shape index (κ2) is 8.92. The lowest BCUT2D eigenvalue weighted by Gasteiger charge is -2.18. The van der Waals surface area contributed by atoms with E-state index in [0.717, 1.165) is 5.75 Å². The van der Waals surface area contributed by atoms with Crippen molar-refractivity contribution in [3.05, 3.63) is 24.3 Å². The second-order valence-corrected chi connectivity index (χ2v) is 5.26. The number of hydrogen-bond acceptors (Lipinski definition) is 4. The predicted octanol–water partition coefficient (Wildman–Crippen LogP) is 2.79. The van der Waals surface area contributed by atoms with Gasteiger partial charge in [0.25, 0.3) is 0 Å². The van der Waals surface area contributed by atoms with Crippen LogP contribution >= 0.6 is 0 Å². The summed E-state index contributed by atoms with van der Waals surface area (Å²) in [5.41, 5.74) is 0.620. The predicted molar refractivity (Wildman–Crippen MR) is 85.0 cm³/mol. The SMILES string of the molecule is CCOc1ccc(NC(=O)NC(CC(C)C)C(=O)OC)cc1. The number of carbonyl (C=O) groups is 2. The van der Waals surface area contributed by atoms with Crippen LogP contribution in [0.15, 0.2) is 24.3 Å². The van der Waals surface area contributed by atoms with E-state index in [-0.39, 0.29) is 5.92 Å². The van der Waals surface area contributed by atoms with E-state index in [1.807, 2.05) is 20.8 Å². The minimum atomic E-state index is -0.660. The lowest BCUT2D eigenvalue weighted by molar-refractivity contribution is -0.143. The zero-order valence-corrected chi connectivity index (χ0v) is 13.5. The molecule has 22 heavy (non-hydrogen) atoms. The Morgan fingerprint density at radius 2 is 1.82 bits per heavy atom. The van der Waals surface area contributed by atoms with Crippen LogP contribution in [-0.4, -0.2) is 31.8 Å². The lowest BCUT2D eigenvalue weighted by atomic mass is 10.0. The molecule has 2 N–H and O–H groups in total. The normalized spacial score (nSPS) is 11.7. The van der Waals surface area contributed by atoms with Crippen molar-refractivity contribution in [2.75, 3.05) is 19.0 Å². The molecule has 0 bridgehead atoms. The lowest BCUT2D eigenvalue weighted by Crippen LogP contribution is -2.44. The number of hydrogen-bond donors (Lipinski definition) is 2. The zero-order chi connectivity index (χ0) is 16.5. The first-order chi connectivity index (χ1) is 10.5. The third-order valence-electron chi connectivity index (χ3n) is 2.92. The fraction of sp³-hybridized carbons (Fsp3) is 0.500. The number of benzene rings is 1. The molecule has 0 spiro atoms. The van der Waals surface area contributed by atoms with Crippen molar-refractivity contribution in [1.29, 1.82) is 0 Å². The van der Waals surface area contributed by atoms with Gasteiger partial charge in [0.2, 0.25) is 0 Å². The van der Waals surface area contributed by atoms with Gasteiger partial charge in [0.05, 0.1) is 13.7 Å². The highest BCUT2D eigenvalue weighted by molar-refractivity contribution is 5.92. The standard InChI is InChI=1S/C16H24N2O4/c1-5-22-13-8-6-12(7-9-13)17-16(20)18-14(10-11(2)3)15(19)21-4/h6-9,11,14H,5,10H2,1-4H3,(H2,17,18,20). The van der Waals surface area contributed by atoms with Crippen LogP contribution in [0.1, 0.15) is 27.2 Å². The van der Waals surface area contributed by atoms with Crippen LogP contribution in [0.5, 0.6) is 5.75 Å². The molecule has 0 saturated carbocycles. The molecule has 0 saturated heterocycles. The van der Waals surface area contributed by atoms with E-state index in [0.29, 0.717) is 18.7 Å². The maximum atomic E-state index is 12.0. The van der Waals surface area contributed by atoms with Gasteiger partial charge in [0.15, 0.2) is 0 Å². The number of anilines is 1. The molecule has 122 valence electrons. The first-order valence-electron chi connectivity index (χ1n) is 7.34. The Kier molecular flexibility index (Phi) is 7.22. The molecule has 0 radical (unpaired) electrons. The van der Waals surface area contributed by atoms with Gasteiger partial charge in [0.1, 0.15) is 11.8 Å². The fourth-order valence-electron chi connectivity index (χ4n) is 1.95. The van der Waals surface area contributed by atoms with E-state index in [1.54, 1.807) is 24.3 Å². The van der Waals surface area contributed by atoms with Crippen molar-refractivity contribution in [2.45, 2.75) is 33.2 Å². The average molecular weight is 308 g/mol. The molecule has 0 aliphatic heterocycles. The number of rotatable bonds is 7. The number of esters is 1. The molecule has 2 amide bonds. The van der Waals surface area contributed by atoms with Gasteiger partial charge in [-0.1, -0.05) is 13.8 Å². The van der Waals surface area contributed by atoms with Crippen LogP contribution < -0.4 is 15.4 Å². The highest BCUT2D eigenvalue weighted by atomic mass is 16.5. The van der Waals surface area contributed by atoms with Crippen molar-refractivity contribution < 1.29 is 19.1 Å². The molecule has 1 atom stereocenters. The summed E-state index contributed by atoms with van der Waals surface area (Å²) < 4.78 is 10.0. The first kappa shape index (κ1) is 17.8. The molecule has 1 rings (SSSR count). The van der Waals surface area contributed by atoms with E-state index in [9.17, 15) is 9.59 Å². The van der Waals surface area contributed by atoms with E-state index in [2.05, 4.69) is 10.6 Å². The fourth-order valence-corrected chi connectivity index (χ4v) is 1.95. The third-order valence-corrected chi connectivity index (χ3v) is 2.92. The van der Waals surface area contributed by atoms with Gasteiger partial charge in [-0.15, -0.1) is 0 Å². The quantitative estimate of drug-likeness (QED) is 0.759. The summed E-state index contributed by atoms with van der Waals surface area (Å²) in [6, 6.07) is 5.91. The molecule has 6 heteroatoms. The van der Waals surface area contributed by atoms with E-state index in [1.165, 1.54) is 7.11 Å². The Balaban J connectivity index is 2.60. The van der Waals surface area contributed by atoms with Crippen LogP contribution in [0.2, 0.25) is 0 Å². The van der Waals surface area contributed by atoms with Crippen molar-refractivity contribution in [3.63, 3.8) is 0 Å². The van der Waals surface area contributed by atoms with Crippen LogP contribution in [0.4, 0.5) is 10.5 Å². The van der Waals surface area contributed by atoms with Gasteiger partial charge < -0.3 is 20.1 Å². The topological polar surface area (TPSA) is 76.7 Å². The first-order valence-corrected chi connectivity index (χ1v) is 7.34. The molecule has 0 aromatic heterocycles. The van der Waals surface area contributed by atoms with Crippen molar-refractivity contribution >= 4 is 17.7 Å². The molecule has 0 aliphatic rings. The second-order valence-electron chi connectivity index (χ2n) is 5.26. The minimum absolute atomic E-state index is 0.259. The summed E-state index contributed by atoms with van der Waals surface area (Å²) in [6.07, 6.45) is 0.517. The summed E-state index contributed by atoms with van der Waals surface area (Å²) in [7, 11) is 1.31. The van der Waals surface area contributed by atoms with Crippen LogP contribution in [0, 0.1) is 5.92 Å². The number of carbonyl (C=O) groups excluding carboxylic acids is 2. The molecular weight excluding hydrogens is 284 g/mol. The minimum Gasteiger partial charge on any atom is -0.494 e. The van der Waals surface area contributed by atoms with Crippen LogP contribution in [0.25, 0.3) is 0 Å². The van der Waals surface area contributed by atoms with E-state index >= 15 is 0 Å². The number of urea groups is 1. The van der Waals surface area contributed by atoms with Crippen molar-refractivity contribution in [3.8, 4) is 5.75 Å². The number of amides is 2. The largest absolute Gasteiger partial charge is 0.494 e. The summed E-state index contributed by atoms with van der Waals surface area (Å²) in [4.78, 5) is 23.6. The molecule has 1 unspecified atom stereocenters. The number of ether oxygens (including phenoxy) is 2. The Labute approximate surface area is 131 Å². The van der Waals surface area contributed by atoms with Gasteiger partial charge in [-0.3, -0.25) is 0 Å². The van der Waals surface area contributed by atoms with Crippen molar-refractivity contribution in [1.82, 2.24) is 5.32 Å². The summed E-state index contributed by atoms with van der Waals surface area (Å²) in [6.45, 7) is 6.44. The van der Waals surface area contributed by atoms with E-state index in [4.69, 9.17) is 9.47 Å². The summed E-state index contributed by atoms with van der Waals surface area (Å²) in [5.74, 6) is 0.547. The Hall–Kier alpha value is -2.24. The monoisotopic (exact) mass is 308 g/mol.